The standard InChI is InChI=1S/C16H22N4O2/c1-11-7-15(19(4)10-16(2,3)9-17)13-8-12(20(21)22)5-6-14(13)18-11/h5-8H,9-10,17H2,1-4H3. The molecule has 0 saturated carbocycles. The number of fused-ring (bicyclic) bond motifs is 1. The molecule has 118 valence electrons. The monoisotopic (exact) mass is 302 g/mol. The van der Waals surface area contributed by atoms with Crippen LogP contribution in [0.3, 0.4) is 0 Å². The van der Waals surface area contributed by atoms with Gasteiger partial charge in [0.15, 0.2) is 0 Å². The van der Waals surface area contributed by atoms with E-state index in [2.05, 4.69) is 23.7 Å². The van der Waals surface area contributed by atoms with Crippen LogP contribution in [-0.4, -0.2) is 30.0 Å². The Morgan fingerprint density at radius 2 is 2.05 bits per heavy atom. The molecule has 1 heterocycles. The maximum Gasteiger partial charge on any atom is 0.270 e. The molecule has 22 heavy (non-hydrogen) atoms. The molecule has 0 amide bonds. The number of rotatable bonds is 5. The highest BCUT2D eigenvalue weighted by Gasteiger charge is 2.20. The van der Waals surface area contributed by atoms with Gasteiger partial charge in [-0.2, -0.15) is 0 Å². The Morgan fingerprint density at radius 1 is 1.36 bits per heavy atom. The van der Waals surface area contributed by atoms with E-state index in [1.165, 1.54) is 6.07 Å². The molecule has 0 radical (unpaired) electrons. The summed E-state index contributed by atoms with van der Waals surface area (Å²) < 4.78 is 0. The lowest BCUT2D eigenvalue weighted by Gasteiger charge is -2.31. The number of aromatic nitrogens is 1. The van der Waals surface area contributed by atoms with Crippen LogP contribution >= 0.6 is 0 Å². The molecule has 0 aliphatic rings. The summed E-state index contributed by atoms with van der Waals surface area (Å²) in [6, 6.07) is 6.73. The van der Waals surface area contributed by atoms with Crippen molar-refractivity contribution in [2.75, 3.05) is 25.0 Å². The van der Waals surface area contributed by atoms with Crippen LogP contribution in [0, 0.1) is 22.5 Å². The van der Waals surface area contributed by atoms with Crippen molar-refractivity contribution in [2.24, 2.45) is 11.1 Å². The second-order valence-electron chi connectivity index (χ2n) is 6.47. The molecule has 0 atom stereocenters. The number of nitro groups is 1. The summed E-state index contributed by atoms with van der Waals surface area (Å²) in [4.78, 5) is 17.2. The van der Waals surface area contributed by atoms with Crippen LogP contribution in [0.15, 0.2) is 24.3 Å². The van der Waals surface area contributed by atoms with Gasteiger partial charge < -0.3 is 10.6 Å². The van der Waals surface area contributed by atoms with Gasteiger partial charge in [0.05, 0.1) is 10.4 Å². The fraction of sp³-hybridized carbons (Fsp3) is 0.438. The Bertz CT molecular complexity index is 713. The second-order valence-corrected chi connectivity index (χ2v) is 6.47. The van der Waals surface area contributed by atoms with Gasteiger partial charge in [-0.15, -0.1) is 0 Å². The van der Waals surface area contributed by atoms with Gasteiger partial charge in [-0.05, 0) is 31.0 Å². The van der Waals surface area contributed by atoms with Gasteiger partial charge in [0, 0.05) is 42.5 Å². The Labute approximate surface area is 130 Å². The van der Waals surface area contributed by atoms with Gasteiger partial charge in [0.1, 0.15) is 0 Å². The molecule has 2 aromatic rings. The first-order valence-corrected chi connectivity index (χ1v) is 7.20. The normalized spacial score (nSPS) is 11.7. The van der Waals surface area contributed by atoms with E-state index in [-0.39, 0.29) is 16.0 Å². The van der Waals surface area contributed by atoms with E-state index in [1.54, 1.807) is 12.1 Å². The molecule has 0 fully saturated rings. The zero-order valence-corrected chi connectivity index (χ0v) is 13.5. The molecule has 2 N–H and O–H groups in total. The topological polar surface area (TPSA) is 85.3 Å². The molecular formula is C16H22N4O2. The first-order chi connectivity index (χ1) is 10.2. The summed E-state index contributed by atoms with van der Waals surface area (Å²) in [7, 11) is 1.98. The predicted octanol–water partition coefficient (Wildman–Crippen LogP) is 2.87. The second kappa shape index (κ2) is 5.88. The lowest BCUT2D eigenvalue weighted by Crippen LogP contribution is -2.36. The van der Waals surface area contributed by atoms with E-state index in [9.17, 15) is 10.1 Å². The third kappa shape index (κ3) is 3.33. The van der Waals surface area contributed by atoms with Crippen LogP contribution < -0.4 is 10.6 Å². The van der Waals surface area contributed by atoms with E-state index in [0.717, 1.165) is 28.8 Å². The SMILES string of the molecule is Cc1cc(N(C)CC(C)(C)CN)c2cc([N+](=O)[O-])ccc2n1. The number of nitro benzene ring substituents is 1. The largest absolute Gasteiger partial charge is 0.373 e. The molecule has 6 nitrogen and oxygen atoms in total. The van der Waals surface area contributed by atoms with Gasteiger partial charge in [-0.1, -0.05) is 13.8 Å². The fourth-order valence-corrected chi connectivity index (χ4v) is 2.55. The first kappa shape index (κ1) is 16.2. The zero-order chi connectivity index (χ0) is 16.5. The van der Waals surface area contributed by atoms with Gasteiger partial charge in [0.25, 0.3) is 5.69 Å². The van der Waals surface area contributed by atoms with Crippen LogP contribution in [0.25, 0.3) is 10.9 Å². The lowest BCUT2D eigenvalue weighted by atomic mass is 9.93. The maximum absolute atomic E-state index is 11.0. The van der Waals surface area contributed by atoms with Crippen molar-refractivity contribution in [3.8, 4) is 0 Å². The molecule has 0 aliphatic carbocycles. The van der Waals surface area contributed by atoms with Crippen molar-refractivity contribution in [2.45, 2.75) is 20.8 Å². The van der Waals surface area contributed by atoms with Crippen molar-refractivity contribution in [1.82, 2.24) is 4.98 Å². The quantitative estimate of drug-likeness (QED) is 0.678. The van der Waals surface area contributed by atoms with Gasteiger partial charge in [-0.25, -0.2) is 0 Å². The number of pyridine rings is 1. The van der Waals surface area contributed by atoms with Crippen LogP contribution in [0.1, 0.15) is 19.5 Å². The fourth-order valence-electron chi connectivity index (χ4n) is 2.55. The number of benzene rings is 1. The summed E-state index contributed by atoms with van der Waals surface area (Å²) in [6.45, 7) is 7.45. The molecule has 0 unspecified atom stereocenters. The van der Waals surface area contributed by atoms with Crippen LogP contribution in [0.4, 0.5) is 11.4 Å². The van der Waals surface area contributed by atoms with Gasteiger partial charge >= 0.3 is 0 Å². The number of nitrogens with zero attached hydrogens (tertiary/aromatic N) is 3. The number of anilines is 1. The predicted molar refractivity (Wildman–Crippen MR) is 89.2 cm³/mol. The van der Waals surface area contributed by atoms with Gasteiger partial charge in [-0.3, -0.25) is 15.1 Å². The number of aryl methyl sites for hydroxylation is 1. The zero-order valence-electron chi connectivity index (χ0n) is 13.5. The molecule has 6 heteroatoms. The Kier molecular flexibility index (Phi) is 4.32. The van der Waals surface area contributed by atoms with E-state index in [0.29, 0.717) is 6.54 Å². The van der Waals surface area contributed by atoms with Crippen molar-refractivity contribution >= 4 is 22.3 Å². The Hall–Kier alpha value is -2.21. The smallest absolute Gasteiger partial charge is 0.270 e. The average molecular weight is 302 g/mol. The summed E-state index contributed by atoms with van der Waals surface area (Å²) in [5.74, 6) is 0. The molecule has 0 spiro atoms. The molecule has 1 aromatic heterocycles. The minimum Gasteiger partial charge on any atom is -0.373 e. The molecule has 0 saturated heterocycles. The van der Waals surface area contributed by atoms with Crippen molar-refractivity contribution in [3.63, 3.8) is 0 Å². The third-order valence-electron chi connectivity index (χ3n) is 3.74. The number of nitrogens with two attached hydrogens (primary N) is 1. The molecule has 0 bridgehead atoms. The third-order valence-corrected chi connectivity index (χ3v) is 3.74. The lowest BCUT2D eigenvalue weighted by molar-refractivity contribution is -0.384. The number of hydrogen-bond acceptors (Lipinski definition) is 5. The molecule has 1 aromatic carbocycles. The Morgan fingerprint density at radius 3 is 2.64 bits per heavy atom. The highest BCUT2D eigenvalue weighted by atomic mass is 16.6. The van der Waals surface area contributed by atoms with E-state index < -0.39 is 0 Å². The minimum atomic E-state index is -0.382. The van der Waals surface area contributed by atoms with Gasteiger partial charge in [0.2, 0.25) is 0 Å². The van der Waals surface area contributed by atoms with E-state index in [1.807, 2.05) is 20.0 Å². The highest BCUT2D eigenvalue weighted by molar-refractivity contribution is 5.93. The van der Waals surface area contributed by atoms with E-state index in [4.69, 9.17) is 5.73 Å². The number of non-ortho nitro benzene ring substituents is 1. The molecule has 2 rings (SSSR count). The minimum absolute atomic E-state index is 0.0427. The maximum atomic E-state index is 11.0. The van der Waals surface area contributed by atoms with Crippen molar-refractivity contribution in [1.29, 1.82) is 0 Å². The summed E-state index contributed by atoms with van der Waals surface area (Å²) in [5, 5.41) is 11.8. The number of hydrogen-bond donors (Lipinski definition) is 1. The van der Waals surface area contributed by atoms with Crippen LogP contribution in [-0.2, 0) is 0 Å². The average Bonchev–Trinajstić information content (AvgIpc) is 2.45. The van der Waals surface area contributed by atoms with Crippen molar-refractivity contribution < 1.29 is 4.92 Å². The van der Waals surface area contributed by atoms with E-state index >= 15 is 0 Å². The first-order valence-electron chi connectivity index (χ1n) is 7.20. The van der Waals surface area contributed by atoms with Crippen LogP contribution in [0.2, 0.25) is 0 Å². The summed E-state index contributed by atoms with van der Waals surface area (Å²) in [5.41, 5.74) is 8.43. The molecule has 0 aliphatic heterocycles. The Balaban J connectivity index is 2.55. The highest BCUT2D eigenvalue weighted by Crippen LogP contribution is 2.30. The van der Waals surface area contributed by atoms with Crippen LogP contribution in [0.5, 0.6) is 0 Å². The summed E-state index contributed by atoms with van der Waals surface area (Å²) >= 11 is 0. The molecular weight excluding hydrogens is 280 g/mol. The summed E-state index contributed by atoms with van der Waals surface area (Å²) in [6.07, 6.45) is 0. The van der Waals surface area contributed by atoms with Crippen molar-refractivity contribution in [3.05, 3.63) is 40.1 Å².